The largest absolute Gasteiger partial charge is 0.299 e. The van der Waals surface area contributed by atoms with Gasteiger partial charge in [0.15, 0.2) is 0 Å². The van der Waals surface area contributed by atoms with Crippen LogP contribution in [0.1, 0.15) is 38.3 Å². The van der Waals surface area contributed by atoms with Crippen LogP contribution in [0.3, 0.4) is 0 Å². The predicted octanol–water partition coefficient (Wildman–Crippen LogP) is 2.55. The summed E-state index contributed by atoms with van der Waals surface area (Å²) in [6.45, 7) is 0. The highest BCUT2D eigenvalue weighted by molar-refractivity contribution is 6.34. The second-order valence-electron chi connectivity index (χ2n) is 5.66. The molecule has 108 valence electrons. The van der Waals surface area contributed by atoms with E-state index < -0.39 is 0 Å². The number of amides is 2. The molecular formula is C18H13NO3. The molecule has 0 saturated heterocycles. The molecule has 22 heavy (non-hydrogen) atoms. The number of carbonyl (C=O) groups excluding carboxylic acids is 3. The molecule has 0 N–H and O–H groups in total. The SMILES string of the molecule is O=C1CCc2cc(N3C(=O)c4ccccc4C3=O)ccc2C1. The summed E-state index contributed by atoms with van der Waals surface area (Å²) in [4.78, 5) is 37.7. The third-order valence-corrected chi connectivity index (χ3v) is 4.30. The normalized spacial score (nSPS) is 16.7. The topological polar surface area (TPSA) is 54.5 Å². The molecule has 2 aliphatic rings. The fraction of sp³-hybridized carbons (Fsp3) is 0.167. The van der Waals surface area contributed by atoms with E-state index >= 15 is 0 Å². The maximum absolute atomic E-state index is 12.5. The zero-order valence-corrected chi connectivity index (χ0v) is 11.8. The fourth-order valence-electron chi connectivity index (χ4n) is 3.16. The van der Waals surface area contributed by atoms with Gasteiger partial charge in [-0.05, 0) is 41.8 Å². The maximum Gasteiger partial charge on any atom is 0.266 e. The first-order chi connectivity index (χ1) is 10.6. The minimum absolute atomic E-state index is 0.237. The highest BCUT2D eigenvalue weighted by atomic mass is 16.2. The molecule has 4 rings (SSSR count). The third kappa shape index (κ3) is 1.80. The molecule has 0 unspecified atom stereocenters. The van der Waals surface area contributed by atoms with Gasteiger partial charge in [-0.15, -0.1) is 0 Å². The van der Waals surface area contributed by atoms with Gasteiger partial charge in [0.25, 0.3) is 11.8 Å². The van der Waals surface area contributed by atoms with Crippen LogP contribution in [-0.4, -0.2) is 17.6 Å². The van der Waals surface area contributed by atoms with E-state index in [-0.39, 0.29) is 17.6 Å². The lowest BCUT2D eigenvalue weighted by molar-refractivity contribution is -0.118. The fourth-order valence-corrected chi connectivity index (χ4v) is 3.16. The van der Waals surface area contributed by atoms with E-state index in [2.05, 4.69) is 0 Å². The van der Waals surface area contributed by atoms with Gasteiger partial charge in [0, 0.05) is 12.8 Å². The lowest BCUT2D eigenvalue weighted by Crippen LogP contribution is -2.29. The molecule has 4 nitrogen and oxygen atoms in total. The molecule has 2 amide bonds. The van der Waals surface area contributed by atoms with Gasteiger partial charge in [-0.3, -0.25) is 14.4 Å². The van der Waals surface area contributed by atoms with Crippen molar-refractivity contribution in [1.29, 1.82) is 0 Å². The summed E-state index contributed by atoms with van der Waals surface area (Å²) in [5.74, 6) is -0.333. The van der Waals surface area contributed by atoms with Crippen molar-refractivity contribution in [2.24, 2.45) is 0 Å². The molecule has 0 atom stereocenters. The van der Waals surface area contributed by atoms with Gasteiger partial charge in [-0.25, -0.2) is 4.90 Å². The Morgan fingerprint density at radius 2 is 1.45 bits per heavy atom. The molecule has 0 bridgehead atoms. The first kappa shape index (κ1) is 13.0. The van der Waals surface area contributed by atoms with Crippen molar-refractivity contribution < 1.29 is 14.4 Å². The summed E-state index contributed by atoms with van der Waals surface area (Å²) in [7, 11) is 0. The number of Topliss-reactive ketones (excluding diaryl/α,β-unsaturated/α-hetero) is 1. The Morgan fingerprint density at radius 1 is 0.773 bits per heavy atom. The Kier molecular flexibility index (Phi) is 2.73. The van der Waals surface area contributed by atoms with Crippen molar-refractivity contribution in [1.82, 2.24) is 0 Å². The molecule has 0 spiro atoms. The van der Waals surface area contributed by atoms with Gasteiger partial charge in [-0.2, -0.15) is 0 Å². The zero-order chi connectivity index (χ0) is 15.3. The minimum Gasteiger partial charge on any atom is -0.299 e. The summed E-state index contributed by atoms with van der Waals surface area (Å²) >= 11 is 0. The van der Waals surface area contributed by atoms with Crippen molar-refractivity contribution in [3.05, 3.63) is 64.7 Å². The molecule has 1 aliphatic carbocycles. The smallest absolute Gasteiger partial charge is 0.266 e. The molecule has 1 heterocycles. The number of rotatable bonds is 1. The molecule has 1 aliphatic heterocycles. The number of aryl methyl sites for hydroxylation is 1. The lowest BCUT2D eigenvalue weighted by Gasteiger charge is -2.19. The van der Waals surface area contributed by atoms with Crippen LogP contribution in [-0.2, 0) is 17.6 Å². The van der Waals surface area contributed by atoms with E-state index in [9.17, 15) is 14.4 Å². The Morgan fingerprint density at radius 3 is 2.14 bits per heavy atom. The summed E-state index contributed by atoms with van der Waals surface area (Å²) in [5, 5.41) is 0. The van der Waals surface area contributed by atoms with Gasteiger partial charge >= 0.3 is 0 Å². The van der Waals surface area contributed by atoms with Gasteiger partial charge < -0.3 is 0 Å². The van der Waals surface area contributed by atoms with E-state index in [0.29, 0.717) is 36.1 Å². The van der Waals surface area contributed by atoms with Crippen LogP contribution in [0.2, 0.25) is 0 Å². The van der Waals surface area contributed by atoms with Crippen molar-refractivity contribution in [3.8, 4) is 0 Å². The monoisotopic (exact) mass is 291 g/mol. The first-order valence-corrected chi connectivity index (χ1v) is 7.26. The molecule has 4 heteroatoms. The molecule has 0 aromatic heterocycles. The lowest BCUT2D eigenvalue weighted by atomic mass is 9.90. The molecule has 0 saturated carbocycles. The van der Waals surface area contributed by atoms with Crippen LogP contribution >= 0.6 is 0 Å². The number of carbonyl (C=O) groups is 3. The van der Waals surface area contributed by atoms with Gasteiger partial charge in [0.1, 0.15) is 5.78 Å². The number of hydrogen-bond donors (Lipinski definition) is 0. The number of benzene rings is 2. The van der Waals surface area contributed by atoms with E-state index in [1.165, 1.54) is 4.90 Å². The molecular weight excluding hydrogens is 278 g/mol. The summed E-state index contributed by atoms with van der Waals surface area (Å²) < 4.78 is 0. The zero-order valence-electron chi connectivity index (χ0n) is 11.8. The number of hydrogen-bond acceptors (Lipinski definition) is 3. The van der Waals surface area contributed by atoms with E-state index in [4.69, 9.17) is 0 Å². The summed E-state index contributed by atoms with van der Waals surface area (Å²) in [5.41, 5.74) is 3.52. The van der Waals surface area contributed by atoms with Crippen molar-refractivity contribution >= 4 is 23.3 Å². The Bertz CT molecular complexity index is 803. The Hall–Kier alpha value is -2.75. The highest BCUT2D eigenvalue weighted by Gasteiger charge is 2.36. The van der Waals surface area contributed by atoms with E-state index in [1.54, 1.807) is 30.3 Å². The van der Waals surface area contributed by atoms with Crippen molar-refractivity contribution in [3.63, 3.8) is 0 Å². The van der Waals surface area contributed by atoms with Crippen molar-refractivity contribution in [2.75, 3.05) is 4.90 Å². The maximum atomic E-state index is 12.5. The summed E-state index contributed by atoms with van der Waals surface area (Å²) in [6, 6.07) is 12.3. The third-order valence-electron chi connectivity index (χ3n) is 4.30. The number of fused-ring (bicyclic) bond motifs is 2. The van der Waals surface area contributed by atoms with Crippen LogP contribution < -0.4 is 4.90 Å². The molecule has 2 aromatic carbocycles. The highest BCUT2D eigenvalue weighted by Crippen LogP contribution is 2.31. The van der Waals surface area contributed by atoms with Crippen LogP contribution in [0.5, 0.6) is 0 Å². The van der Waals surface area contributed by atoms with E-state index in [0.717, 1.165) is 11.1 Å². The standard InChI is InChI=1S/C18H13NO3/c20-14-8-6-11-9-13(7-5-12(11)10-14)19-17(21)15-3-1-2-4-16(15)18(19)22/h1-5,7,9H,6,8,10H2. The first-order valence-electron chi connectivity index (χ1n) is 7.26. The number of anilines is 1. The van der Waals surface area contributed by atoms with Gasteiger partial charge in [0.2, 0.25) is 0 Å². The molecule has 0 fully saturated rings. The average molecular weight is 291 g/mol. The van der Waals surface area contributed by atoms with Gasteiger partial charge in [-0.1, -0.05) is 18.2 Å². The number of ketones is 1. The number of imide groups is 1. The second kappa shape index (κ2) is 4.63. The van der Waals surface area contributed by atoms with Crippen LogP contribution in [0.15, 0.2) is 42.5 Å². The van der Waals surface area contributed by atoms with Crippen LogP contribution in [0.4, 0.5) is 5.69 Å². The van der Waals surface area contributed by atoms with Gasteiger partial charge in [0.05, 0.1) is 16.8 Å². The second-order valence-corrected chi connectivity index (χ2v) is 5.66. The minimum atomic E-state index is -0.285. The Balaban J connectivity index is 1.76. The Labute approximate surface area is 127 Å². The van der Waals surface area contributed by atoms with Crippen LogP contribution in [0.25, 0.3) is 0 Å². The number of nitrogens with zero attached hydrogens (tertiary/aromatic N) is 1. The molecule has 2 aromatic rings. The van der Waals surface area contributed by atoms with Crippen molar-refractivity contribution in [2.45, 2.75) is 19.3 Å². The summed E-state index contributed by atoms with van der Waals surface area (Å²) in [6.07, 6.45) is 1.64. The quantitative estimate of drug-likeness (QED) is 0.759. The average Bonchev–Trinajstić information content (AvgIpc) is 2.79. The molecule has 0 radical (unpaired) electrons. The van der Waals surface area contributed by atoms with E-state index in [1.807, 2.05) is 12.1 Å². The predicted molar refractivity (Wildman–Crippen MR) is 81.1 cm³/mol. The van der Waals surface area contributed by atoms with Crippen LogP contribution in [0, 0.1) is 0 Å².